The molecule has 0 spiro atoms. The fourth-order valence-electron chi connectivity index (χ4n) is 3.35. The first-order valence-electron chi connectivity index (χ1n) is 9.71. The van der Waals surface area contributed by atoms with Crippen LogP contribution in [0.25, 0.3) is 0 Å². The Labute approximate surface area is 186 Å². The number of aryl methyl sites for hydroxylation is 2. The number of ether oxygens (including phenoxy) is 1. The van der Waals surface area contributed by atoms with Crippen LogP contribution in [-0.2, 0) is 33.0 Å². The summed E-state index contributed by atoms with van der Waals surface area (Å²) in [6, 6.07) is 8.22. The molecule has 7 heteroatoms. The minimum absolute atomic E-state index is 0. The zero-order chi connectivity index (χ0) is 19.8. The Bertz CT molecular complexity index is 755. The smallest absolute Gasteiger partial charge is 0.193 e. The van der Waals surface area contributed by atoms with Crippen molar-refractivity contribution in [1.82, 2.24) is 20.0 Å². The Morgan fingerprint density at radius 3 is 2.39 bits per heavy atom. The van der Waals surface area contributed by atoms with Crippen molar-refractivity contribution in [3.8, 4) is 5.75 Å². The van der Waals surface area contributed by atoms with Crippen molar-refractivity contribution < 1.29 is 4.74 Å². The third-order valence-corrected chi connectivity index (χ3v) is 4.68. The Kier molecular flexibility index (Phi) is 10.3. The predicted octanol–water partition coefficient (Wildman–Crippen LogP) is 3.77. The summed E-state index contributed by atoms with van der Waals surface area (Å²) in [5, 5.41) is 8.15. The first kappa shape index (κ1) is 24.3. The molecule has 1 aromatic heterocycles. The molecule has 0 aliphatic rings. The predicted molar refractivity (Wildman–Crippen MR) is 127 cm³/mol. The average molecular weight is 499 g/mol. The second kappa shape index (κ2) is 11.9. The van der Waals surface area contributed by atoms with Crippen molar-refractivity contribution in [1.29, 1.82) is 0 Å². The Morgan fingerprint density at radius 2 is 1.86 bits per heavy atom. The molecular formula is C21H34IN5O. The van der Waals surface area contributed by atoms with Crippen molar-refractivity contribution in [3.05, 3.63) is 46.8 Å². The molecule has 0 saturated heterocycles. The Morgan fingerprint density at radius 1 is 1.18 bits per heavy atom. The number of halogens is 1. The molecular weight excluding hydrogens is 465 g/mol. The molecule has 0 radical (unpaired) electrons. The van der Waals surface area contributed by atoms with Gasteiger partial charge in [-0.1, -0.05) is 26.0 Å². The molecule has 6 nitrogen and oxygen atoms in total. The van der Waals surface area contributed by atoms with Gasteiger partial charge in [-0.05, 0) is 37.5 Å². The zero-order valence-electron chi connectivity index (χ0n) is 18.0. The van der Waals surface area contributed by atoms with Gasteiger partial charge in [0.15, 0.2) is 5.96 Å². The van der Waals surface area contributed by atoms with E-state index >= 15 is 0 Å². The second-order valence-corrected chi connectivity index (χ2v) is 6.54. The molecule has 0 saturated carbocycles. The topological polar surface area (TPSA) is 54.7 Å². The van der Waals surface area contributed by atoms with Gasteiger partial charge < -0.3 is 15.0 Å². The van der Waals surface area contributed by atoms with Crippen LogP contribution in [0.2, 0.25) is 0 Å². The van der Waals surface area contributed by atoms with Crippen molar-refractivity contribution in [2.45, 2.75) is 46.7 Å². The van der Waals surface area contributed by atoms with E-state index in [0.717, 1.165) is 43.3 Å². The van der Waals surface area contributed by atoms with E-state index in [-0.39, 0.29) is 24.0 Å². The summed E-state index contributed by atoms with van der Waals surface area (Å²) in [5.41, 5.74) is 4.95. The molecule has 2 aromatic rings. The number of rotatable bonds is 8. The highest BCUT2D eigenvalue weighted by Gasteiger charge is 2.15. The molecule has 0 amide bonds. The fourth-order valence-corrected chi connectivity index (χ4v) is 3.35. The first-order valence-corrected chi connectivity index (χ1v) is 9.71. The number of hydrogen-bond acceptors (Lipinski definition) is 3. The van der Waals surface area contributed by atoms with Gasteiger partial charge in [0, 0.05) is 45.5 Å². The molecule has 0 aliphatic carbocycles. The third-order valence-electron chi connectivity index (χ3n) is 4.68. The van der Waals surface area contributed by atoms with Gasteiger partial charge in [-0.2, -0.15) is 5.10 Å². The summed E-state index contributed by atoms with van der Waals surface area (Å²) in [5.74, 6) is 1.78. The summed E-state index contributed by atoms with van der Waals surface area (Å²) in [6.07, 6.45) is 1.91. The maximum absolute atomic E-state index is 5.51. The Hall–Kier alpha value is -1.77. The quantitative estimate of drug-likeness (QED) is 0.342. The van der Waals surface area contributed by atoms with E-state index in [1.54, 1.807) is 0 Å². The number of guanidine groups is 1. The summed E-state index contributed by atoms with van der Waals surface area (Å²) >= 11 is 0. The van der Waals surface area contributed by atoms with Gasteiger partial charge >= 0.3 is 0 Å². The van der Waals surface area contributed by atoms with Crippen molar-refractivity contribution in [3.63, 3.8) is 0 Å². The molecule has 0 unspecified atom stereocenters. The van der Waals surface area contributed by atoms with E-state index in [1.807, 2.05) is 37.8 Å². The van der Waals surface area contributed by atoms with Crippen molar-refractivity contribution in [2.24, 2.45) is 12.0 Å². The fraction of sp³-hybridized carbons (Fsp3) is 0.524. The third kappa shape index (κ3) is 6.12. The molecule has 0 aliphatic heterocycles. The maximum Gasteiger partial charge on any atom is 0.193 e. The van der Waals surface area contributed by atoms with Gasteiger partial charge in [0.2, 0.25) is 0 Å². The number of nitrogens with zero attached hydrogens (tertiary/aromatic N) is 4. The lowest BCUT2D eigenvalue weighted by molar-refractivity contribution is 0.340. The number of hydrogen-bond donors (Lipinski definition) is 1. The number of nitrogens with one attached hydrogen (secondary N) is 1. The van der Waals surface area contributed by atoms with Crippen LogP contribution in [0, 0.1) is 0 Å². The molecule has 0 atom stereocenters. The van der Waals surface area contributed by atoms with Gasteiger partial charge in [-0.25, -0.2) is 0 Å². The minimum atomic E-state index is 0. The molecule has 156 valence electrons. The monoisotopic (exact) mass is 499 g/mol. The van der Waals surface area contributed by atoms with Crippen LogP contribution in [0.4, 0.5) is 0 Å². The van der Waals surface area contributed by atoms with Gasteiger partial charge in [0.05, 0.1) is 12.3 Å². The highest BCUT2D eigenvalue weighted by molar-refractivity contribution is 14.0. The molecule has 0 bridgehead atoms. The van der Waals surface area contributed by atoms with Gasteiger partial charge in [0.25, 0.3) is 0 Å². The number of benzene rings is 1. The van der Waals surface area contributed by atoms with Crippen LogP contribution in [0.3, 0.4) is 0 Å². The van der Waals surface area contributed by atoms with Gasteiger partial charge in [0.1, 0.15) is 5.75 Å². The van der Waals surface area contributed by atoms with E-state index in [2.05, 4.69) is 53.3 Å². The van der Waals surface area contributed by atoms with Gasteiger partial charge in [-0.3, -0.25) is 9.67 Å². The van der Waals surface area contributed by atoms with E-state index in [0.29, 0.717) is 6.61 Å². The zero-order valence-corrected chi connectivity index (χ0v) is 20.3. The summed E-state index contributed by atoms with van der Waals surface area (Å²) < 4.78 is 7.51. The maximum atomic E-state index is 5.51. The van der Waals surface area contributed by atoms with Crippen LogP contribution in [0.1, 0.15) is 43.3 Å². The van der Waals surface area contributed by atoms with E-state index < -0.39 is 0 Å². The summed E-state index contributed by atoms with van der Waals surface area (Å²) in [6.45, 7) is 8.52. The van der Waals surface area contributed by atoms with Crippen molar-refractivity contribution >= 4 is 29.9 Å². The van der Waals surface area contributed by atoms with Crippen molar-refractivity contribution in [2.75, 3.05) is 20.7 Å². The second-order valence-electron chi connectivity index (χ2n) is 6.54. The van der Waals surface area contributed by atoms with Crippen LogP contribution in [0.5, 0.6) is 5.75 Å². The largest absolute Gasteiger partial charge is 0.494 e. The molecule has 1 heterocycles. The lowest BCUT2D eigenvalue weighted by Gasteiger charge is -2.22. The highest BCUT2D eigenvalue weighted by Crippen LogP contribution is 2.16. The van der Waals surface area contributed by atoms with E-state index in [9.17, 15) is 0 Å². The van der Waals surface area contributed by atoms with Gasteiger partial charge in [-0.15, -0.1) is 24.0 Å². The molecule has 1 aromatic carbocycles. The molecule has 0 fully saturated rings. The average Bonchev–Trinajstić information content (AvgIpc) is 2.98. The SMILES string of the molecule is CCOc1ccc(CN(C)C(=NC)NCc2c(CC)nn(C)c2CC)cc1.I. The van der Waals surface area contributed by atoms with Crippen LogP contribution < -0.4 is 10.1 Å². The number of aliphatic imine (C=N–C) groups is 1. The summed E-state index contributed by atoms with van der Waals surface area (Å²) in [4.78, 5) is 6.57. The van der Waals surface area contributed by atoms with Crippen LogP contribution in [-0.4, -0.2) is 41.3 Å². The molecule has 1 N–H and O–H groups in total. The van der Waals surface area contributed by atoms with E-state index in [1.165, 1.54) is 16.8 Å². The van der Waals surface area contributed by atoms with Crippen LogP contribution in [0.15, 0.2) is 29.3 Å². The Balaban J connectivity index is 0.00000392. The molecule has 28 heavy (non-hydrogen) atoms. The van der Waals surface area contributed by atoms with Crippen LogP contribution >= 0.6 is 24.0 Å². The lowest BCUT2D eigenvalue weighted by Crippen LogP contribution is -2.38. The summed E-state index contributed by atoms with van der Waals surface area (Å²) in [7, 11) is 5.90. The highest BCUT2D eigenvalue weighted by atomic mass is 127. The number of aromatic nitrogens is 2. The standard InChI is InChI=1S/C21H33N5O.HI/c1-7-19-18(20(8-2)26(6)24-19)14-23-21(22-4)25(5)15-16-10-12-17(13-11-16)27-9-3;/h10-13H,7-9,14-15H2,1-6H3,(H,22,23);1H. The van der Waals surface area contributed by atoms with E-state index in [4.69, 9.17) is 4.74 Å². The molecule has 2 rings (SSSR count). The minimum Gasteiger partial charge on any atom is -0.494 e. The first-order chi connectivity index (χ1) is 13.0. The normalized spacial score (nSPS) is 11.1. The lowest BCUT2D eigenvalue weighted by atomic mass is 10.1.